The molecule has 5 heteroatoms. The Kier molecular flexibility index (Phi) is 3.09. The molecule has 0 amide bonds. The predicted molar refractivity (Wildman–Crippen MR) is 74.6 cm³/mol. The van der Waals surface area contributed by atoms with Crippen molar-refractivity contribution >= 4 is 22.6 Å². The van der Waals surface area contributed by atoms with Crippen LogP contribution < -0.4 is 4.74 Å². The third-order valence-electron chi connectivity index (χ3n) is 2.98. The molecule has 0 saturated carbocycles. The monoisotopic (exact) mass is 273 g/mol. The molecule has 96 valence electrons. The Bertz CT molecular complexity index is 706. The molecule has 0 N–H and O–H groups in total. The van der Waals surface area contributed by atoms with Gasteiger partial charge in [-0.2, -0.15) is 4.98 Å². The SMILES string of the molecule is COc1ccc(Cn2ccc3cnc(Cl)nc32)cc1. The molecular formula is C14H12ClN3O. The van der Waals surface area contributed by atoms with E-state index in [4.69, 9.17) is 16.3 Å². The number of nitrogens with zero attached hydrogens (tertiary/aromatic N) is 3. The first kappa shape index (κ1) is 12.0. The molecule has 0 aliphatic carbocycles. The number of methoxy groups -OCH3 is 1. The Morgan fingerprint density at radius 1 is 1.21 bits per heavy atom. The molecule has 1 aromatic carbocycles. The lowest BCUT2D eigenvalue weighted by Gasteiger charge is -2.06. The van der Waals surface area contributed by atoms with Crippen molar-refractivity contribution in [3.63, 3.8) is 0 Å². The topological polar surface area (TPSA) is 39.9 Å². The van der Waals surface area contributed by atoms with Gasteiger partial charge in [-0.3, -0.25) is 0 Å². The second kappa shape index (κ2) is 4.90. The third kappa shape index (κ3) is 2.39. The summed E-state index contributed by atoms with van der Waals surface area (Å²) in [5, 5.41) is 1.25. The molecule has 0 atom stereocenters. The van der Waals surface area contributed by atoms with Gasteiger partial charge in [0, 0.05) is 24.3 Å². The van der Waals surface area contributed by atoms with Crippen LogP contribution in [-0.4, -0.2) is 21.6 Å². The fourth-order valence-electron chi connectivity index (χ4n) is 2.01. The van der Waals surface area contributed by atoms with Crippen molar-refractivity contribution in [2.75, 3.05) is 7.11 Å². The number of benzene rings is 1. The number of aromatic nitrogens is 3. The maximum atomic E-state index is 5.84. The maximum Gasteiger partial charge on any atom is 0.224 e. The predicted octanol–water partition coefficient (Wildman–Crippen LogP) is 3.14. The normalized spacial score (nSPS) is 10.8. The fraction of sp³-hybridized carbons (Fsp3) is 0.143. The van der Waals surface area contributed by atoms with Crippen LogP contribution in [0.25, 0.3) is 11.0 Å². The van der Waals surface area contributed by atoms with E-state index in [1.54, 1.807) is 13.3 Å². The van der Waals surface area contributed by atoms with Gasteiger partial charge in [-0.15, -0.1) is 0 Å². The molecule has 0 bridgehead atoms. The van der Waals surface area contributed by atoms with Crippen molar-refractivity contribution in [3.05, 3.63) is 53.6 Å². The van der Waals surface area contributed by atoms with Crippen LogP contribution in [0, 0.1) is 0 Å². The minimum absolute atomic E-state index is 0.266. The largest absolute Gasteiger partial charge is 0.497 e. The van der Waals surface area contributed by atoms with E-state index in [0.29, 0.717) is 0 Å². The number of fused-ring (bicyclic) bond motifs is 1. The molecule has 0 unspecified atom stereocenters. The van der Waals surface area contributed by atoms with E-state index < -0.39 is 0 Å². The van der Waals surface area contributed by atoms with Crippen LogP contribution >= 0.6 is 11.6 Å². The molecule has 0 fully saturated rings. The van der Waals surface area contributed by atoms with Gasteiger partial charge in [0.25, 0.3) is 0 Å². The number of halogens is 1. The molecular weight excluding hydrogens is 262 g/mol. The summed E-state index contributed by atoms with van der Waals surface area (Å²) in [4.78, 5) is 8.23. The second-order valence-corrected chi connectivity index (χ2v) is 4.55. The smallest absolute Gasteiger partial charge is 0.224 e. The summed E-state index contributed by atoms with van der Waals surface area (Å²) >= 11 is 5.84. The second-order valence-electron chi connectivity index (χ2n) is 4.21. The number of hydrogen-bond donors (Lipinski definition) is 0. The van der Waals surface area contributed by atoms with Gasteiger partial charge in [-0.05, 0) is 35.4 Å². The highest BCUT2D eigenvalue weighted by atomic mass is 35.5. The van der Waals surface area contributed by atoms with Crippen LogP contribution in [0.3, 0.4) is 0 Å². The lowest BCUT2D eigenvalue weighted by atomic mass is 10.2. The van der Waals surface area contributed by atoms with Crippen LogP contribution in [0.15, 0.2) is 42.7 Å². The summed E-state index contributed by atoms with van der Waals surface area (Å²) in [7, 11) is 1.66. The molecule has 0 radical (unpaired) electrons. The Morgan fingerprint density at radius 2 is 2.00 bits per heavy atom. The van der Waals surface area contributed by atoms with Crippen molar-refractivity contribution in [1.82, 2.24) is 14.5 Å². The quantitative estimate of drug-likeness (QED) is 0.688. The van der Waals surface area contributed by atoms with Gasteiger partial charge in [-0.25, -0.2) is 4.98 Å². The van der Waals surface area contributed by atoms with E-state index in [0.717, 1.165) is 23.3 Å². The lowest BCUT2D eigenvalue weighted by Crippen LogP contribution is -1.99. The molecule has 0 spiro atoms. The van der Waals surface area contributed by atoms with Gasteiger partial charge in [0.05, 0.1) is 7.11 Å². The fourth-order valence-corrected chi connectivity index (χ4v) is 2.13. The van der Waals surface area contributed by atoms with Crippen LogP contribution in [0.2, 0.25) is 5.28 Å². The molecule has 2 heterocycles. The summed E-state index contributed by atoms with van der Waals surface area (Å²) < 4.78 is 7.19. The first-order valence-corrected chi connectivity index (χ1v) is 6.24. The van der Waals surface area contributed by atoms with E-state index in [9.17, 15) is 0 Å². The van der Waals surface area contributed by atoms with Gasteiger partial charge < -0.3 is 9.30 Å². The van der Waals surface area contributed by atoms with Gasteiger partial charge in [0.2, 0.25) is 5.28 Å². The van der Waals surface area contributed by atoms with Crippen molar-refractivity contribution in [2.24, 2.45) is 0 Å². The first-order valence-electron chi connectivity index (χ1n) is 5.86. The third-order valence-corrected chi connectivity index (χ3v) is 3.17. The average Bonchev–Trinajstić information content (AvgIpc) is 2.82. The highest BCUT2D eigenvalue weighted by molar-refractivity contribution is 6.28. The van der Waals surface area contributed by atoms with Gasteiger partial charge in [0.15, 0.2) is 0 Å². The van der Waals surface area contributed by atoms with E-state index >= 15 is 0 Å². The molecule has 2 aromatic heterocycles. The lowest BCUT2D eigenvalue weighted by molar-refractivity contribution is 0.414. The first-order chi connectivity index (χ1) is 9.26. The molecule has 3 rings (SSSR count). The summed E-state index contributed by atoms with van der Waals surface area (Å²) in [6.07, 6.45) is 3.72. The van der Waals surface area contributed by atoms with Crippen molar-refractivity contribution in [2.45, 2.75) is 6.54 Å². The van der Waals surface area contributed by atoms with Crippen LogP contribution in [0.5, 0.6) is 5.75 Å². The van der Waals surface area contributed by atoms with E-state index in [2.05, 4.69) is 9.97 Å². The van der Waals surface area contributed by atoms with E-state index in [-0.39, 0.29) is 5.28 Å². The number of hydrogen-bond acceptors (Lipinski definition) is 3. The van der Waals surface area contributed by atoms with E-state index in [1.165, 1.54) is 5.56 Å². The van der Waals surface area contributed by atoms with Crippen LogP contribution in [0.1, 0.15) is 5.56 Å². The van der Waals surface area contributed by atoms with E-state index in [1.807, 2.05) is 41.1 Å². The maximum absolute atomic E-state index is 5.84. The Morgan fingerprint density at radius 3 is 2.74 bits per heavy atom. The van der Waals surface area contributed by atoms with Gasteiger partial charge in [0.1, 0.15) is 11.4 Å². The summed E-state index contributed by atoms with van der Waals surface area (Å²) in [6, 6.07) is 9.95. The summed E-state index contributed by atoms with van der Waals surface area (Å²) in [5.74, 6) is 0.853. The number of ether oxygens (including phenoxy) is 1. The van der Waals surface area contributed by atoms with Crippen molar-refractivity contribution in [1.29, 1.82) is 0 Å². The highest BCUT2D eigenvalue weighted by Crippen LogP contribution is 2.17. The Labute approximate surface area is 115 Å². The highest BCUT2D eigenvalue weighted by Gasteiger charge is 2.05. The molecule has 19 heavy (non-hydrogen) atoms. The zero-order valence-electron chi connectivity index (χ0n) is 10.4. The van der Waals surface area contributed by atoms with Crippen LogP contribution in [-0.2, 0) is 6.54 Å². The number of rotatable bonds is 3. The Hall–Kier alpha value is -2.07. The molecule has 0 aliphatic rings. The molecule has 0 saturated heterocycles. The minimum Gasteiger partial charge on any atom is -0.497 e. The van der Waals surface area contributed by atoms with Crippen molar-refractivity contribution in [3.8, 4) is 5.75 Å². The summed E-state index contributed by atoms with van der Waals surface area (Å²) in [5.41, 5.74) is 2.02. The standard InChI is InChI=1S/C14H12ClN3O/c1-19-12-4-2-10(3-5-12)9-18-7-6-11-8-16-14(15)17-13(11)18/h2-8H,9H2,1H3. The van der Waals surface area contributed by atoms with Gasteiger partial charge >= 0.3 is 0 Å². The molecule has 3 aromatic rings. The van der Waals surface area contributed by atoms with Crippen LogP contribution in [0.4, 0.5) is 0 Å². The summed E-state index contributed by atoms with van der Waals surface area (Å²) in [6.45, 7) is 0.737. The zero-order valence-corrected chi connectivity index (χ0v) is 11.1. The van der Waals surface area contributed by atoms with Gasteiger partial charge in [-0.1, -0.05) is 12.1 Å². The Balaban J connectivity index is 1.93. The average molecular weight is 274 g/mol. The minimum atomic E-state index is 0.266. The molecule has 0 aliphatic heterocycles. The van der Waals surface area contributed by atoms with Crippen molar-refractivity contribution < 1.29 is 4.74 Å². The zero-order chi connectivity index (χ0) is 13.2. The molecule has 4 nitrogen and oxygen atoms in total.